The predicted molar refractivity (Wildman–Crippen MR) is 150 cm³/mol. The normalized spacial score (nSPS) is 15.2. The third-order valence-corrected chi connectivity index (χ3v) is 8.54. The van der Waals surface area contributed by atoms with Crippen LogP contribution in [0.1, 0.15) is 51.0 Å². The van der Waals surface area contributed by atoms with Crippen molar-refractivity contribution in [1.29, 1.82) is 0 Å². The van der Waals surface area contributed by atoms with E-state index in [0.717, 1.165) is 42.7 Å². The quantitative estimate of drug-likeness (QED) is 0.388. The summed E-state index contributed by atoms with van der Waals surface area (Å²) in [5.74, 6) is -0.825. The van der Waals surface area contributed by atoms with Crippen LogP contribution >= 0.6 is 34.8 Å². The van der Waals surface area contributed by atoms with Crippen LogP contribution in [0.3, 0.4) is 0 Å². The van der Waals surface area contributed by atoms with Gasteiger partial charge in [0.1, 0.15) is 12.6 Å². The van der Waals surface area contributed by atoms with Crippen LogP contribution < -0.4 is 9.62 Å². The van der Waals surface area contributed by atoms with Gasteiger partial charge in [-0.2, -0.15) is 0 Å². The summed E-state index contributed by atoms with van der Waals surface area (Å²) >= 11 is 18.8. The Morgan fingerprint density at radius 1 is 1.03 bits per heavy atom. The lowest BCUT2D eigenvalue weighted by Crippen LogP contribution is -2.54. The Kier molecular flexibility index (Phi) is 10.5. The molecule has 1 fully saturated rings. The first kappa shape index (κ1) is 29.6. The maximum atomic E-state index is 13.8. The highest BCUT2D eigenvalue weighted by molar-refractivity contribution is 7.92. The minimum Gasteiger partial charge on any atom is -0.352 e. The molecule has 202 valence electrons. The molecule has 1 aliphatic rings. The van der Waals surface area contributed by atoms with Gasteiger partial charge in [0.25, 0.3) is 0 Å². The predicted octanol–water partition coefficient (Wildman–Crippen LogP) is 5.67. The smallest absolute Gasteiger partial charge is 0.244 e. The van der Waals surface area contributed by atoms with Gasteiger partial charge in [-0.1, -0.05) is 79.2 Å². The summed E-state index contributed by atoms with van der Waals surface area (Å²) in [6, 6.07) is 10.7. The highest BCUT2D eigenvalue weighted by Crippen LogP contribution is 2.31. The van der Waals surface area contributed by atoms with E-state index >= 15 is 0 Å². The van der Waals surface area contributed by atoms with Crippen molar-refractivity contribution in [3.8, 4) is 0 Å². The molecule has 3 rings (SSSR count). The number of benzene rings is 2. The number of carbonyl (C=O) groups excluding carboxylic acids is 2. The molecule has 1 atom stereocenters. The zero-order chi connectivity index (χ0) is 27.2. The summed E-state index contributed by atoms with van der Waals surface area (Å²) in [5, 5.41) is 3.94. The van der Waals surface area contributed by atoms with Crippen molar-refractivity contribution in [3.05, 3.63) is 63.1 Å². The summed E-state index contributed by atoms with van der Waals surface area (Å²) in [6.07, 6.45) is 6.37. The lowest BCUT2D eigenvalue weighted by atomic mass is 9.95. The summed E-state index contributed by atoms with van der Waals surface area (Å²) in [6.45, 7) is 1.30. The van der Waals surface area contributed by atoms with Gasteiger partial charge in [-0.15, -0.1) is 0 Å². The van der Waals surface area contributed by atoms with Crippen molar-refractivity contribution < 1.29 is 18.0 Å². The van der Waals surface area contributed by atoms with Crippen LogP contribution in [0, 0.1) is 0 Å². The monoisotopic (exact) mass is 587 g/mol. The van der Waals surface area contributed by atoms with Crippen molar-refractivity contribution in [2.45, 2.75) is 64.1 Å². The lowest BCUT2D eigenvalue weighted by molar-refractivity contribution is -0.140. The van der Waals surface area contributed by atoms with E-state index in [9.17, 15) is 18.0 Å². The van der Waals surface area contributed by atoms with Crippen LogP contribution in [-0.4, -0.2) is 50.0 Å². The summed E-state index contributed by atoms with van der Waals surface area (Å²) in [5.41, 5.74) is 0.732. The van der Waals surface area contributed by atoms with E-state index in [0.29, 0.717) is 17.0 Å². The lowest BCUT2D eigenvalue weighted by Gasteiger charge is -2.34. The molecule has 0 saturated heterocycles. The van der Waals surface area contributed by atoms with E-state index < -0.39 is 28.5 Å². The molecule has 0 aliphatic heterocycles. The maximum absolute atomic E-state index is 13.8. The SMILES string of the molecule is CC[C@H](C(=O)NC1CCCCC1)N(Cc1ccccc1Cl)C(=O)CN(c1cc(Cl)ccc1Cl)S(C)(=O)=O. The molecular weight excluding hydrogens is 557 g/mol. The largest absolute Gasteiger partial charge is 0.352 e. The molecule has 1 saturated carbocycles. The number of rotatable bonds is 10. The van der Waals surface area contributed by atoms with Gasteiger partial charge in [0.15, 0.2) is 0 Å². The molecule has 11 heteroatoms. The number of nitrogens with one attached hydrogen (secondary N) is 1. The molecule has 0 aromatic heterocycles. The van der Waals surface area contributed by atoms with Crippen molar-refractivity contribution in [3.63, 3.8) is 0 Å². The molecule has 0 radical (unpaired) electrons. The number of hydrogen-bond acceptors (Lipinski definition) is 4. The highest BCUT2D eigenvalue weighted by atomic mass is 35.5. The molecule has 0 bridgehead atoms. The van der Waals surface area contributed by atoms with Crippen LogP contribution in [0.25, 0.3) is 0 Å². The third kappa shape index (κ3) is 7.99. The van der Waals surface area contributed by atoms with E-state index in [-0.39, 0.29) is 34.2 Å². The molecule has 0 spiro atoms. The summed E-state index contributed by atoms with van der Waals surface area (Å²) in [4.78, 5) is 28.6. The third-order valence-electron chi connectivity index (χ3n) is 6.49. The molecule has 37 heavy (non-hydrogen) atoms. The van der Waals surface area contributed by atoms with Crippen LogP contribution in [-0.2, 0) is 26.2 Å². The minimum atomic E-state index is -3.93. The molecule has 0 heterocycles. The Balaban J connectivity index is 1.95. The van der Waals surface area contributed by atoms with E-state index in [2.05, 4.69) is 5.32 Å². The molecular formula is C26H32Cl3N3O4S. The number of halogens is 3. The number of nitrogens with zero attached hydrogens (tertiary/aromatic N) is 2. The van der Waals surface area contributed by atoms with Gasteiger partial charge in [-0.3, -0.25) is 13.9 Å². The number of carbonyl (C=O) groups is 2. The Bertz CT molecular complexity index is 1220. The van der Waals surface area contributed by atoms with Crippen LogP contribution in [0.4, 0.5) is 5.69 Å². The van der Waals surface area contributed by atoms with E-state index in [1.54, 1.807) is 24.3 Å². The molecule has 2 aromatic rings. The first-order chi connectivity index (χ1) is 17.5. The number of amides is 2. The highest BCUT2D eigenvalue weighted by Gasteiger charge is 2.33. The second kappa shape index (κ2) is 13.2. The summed E-state index contributed by atoms with van der Waals surface area (Å²) in [7, 11) is -3.93. The summed E-state index contributed by atoms with van der Waals surface area (Å²) < 4.78 is 26.4. The fraction of sp³-hybridized carbons (Fsp3) is 0.462. The fourth-order valence-corrected chi connectivity index (χ4v) is 6.03. The molecule has 7 nitrogen and oxygen atoms in total. The van der Waals surface area contributed by atoms with Crippen molar-refractivity contribution in [2.75, 3.05) is 17.1 Å². The Morgan fingerprint density at radius 2 is 1.70 bits per heavy atom. The Labute approximate surface area is 234 Å². The first-order valence-electron chi connectivity index (χ1n) is 12.3. The second-order valence-corrected chi connectivity index (χ2v) is 12.4. The van der Waals surface area contributed by atoms with Gasteiger partial charge in [0, 0.05) is 22.6 Å². The molecule has 1 aliphatic carbocycles. The number of anilines is 1. The van der Waals surface area contributed by atoms with Crippen LogP contribution in [0.5, 0.6) is 0 Å². The molecule has 1 N–H and O–H groups in total. The minimum absolute atomic E-state index is 0.0377. The average molecular weight is 589 g/mol. The van der Waals surface area contributed by atoms with Crippen LogP contribution in [0.2, 0.25) is 15.1 Å². The van der Waals surface area contributed by atoms with Crippen molar-refractivity contribution in [2.24, 2.45) is 0 Å². The van der Waals surface area contributed by atoms with Crippen molar-refractivity contribution in [1.82, 2.24) is 10.2 Å². The first-order valence-corrected chi connectivity index (χ1v) is 15.3. The zero-order valence-electron chi connectivity index (χ0n) is 20.9. The molecule has 2 amide bonds. The van der Waals surface area contributed by atoms with Gasteiger partial charge in [-0.05, 0) is 49.1 Å². The zero-order valence-corrected chi connectivity index (χ0v) is 24.0. The van der Waals surface area contributed by atoms with Crippen LogP contribution in [0.15, 0.2) is 42.5 Å². The van der Waals surface area contributed by atoms with Gasteiger partial charge >= 0.3 is 0 Å². The Morgan fingerprint density at radius 3 is 2.32 bits per heavy atom. The van der Waals surface area contributed by atoms with Gasteiger partial charge in [-0.25, -0.2) is 8.42 Å². The second-order valence-electron chi connectivity index (χ2n) is 9.25. The van der Waals surface area contributed by atoms with E-state index in [1.807, 2.05) is 6.92 Å². The van der Waals surface area contributed by atoms with Crippen molar-refractivity contribution >= 4 is 62.3 Å². The van der Waals surface area contributed by atoms with Gasteiger partial charge in [0.2, 0.25) is 21.8 Å². The number of hydrogen-bond donors (Lipinski definition) is 1. The average Bonchev–Trinajstić information content (AvgIpc) is 2.85. The van der Waals surface area contributed by atoms with Gasteiger partial charge < -0.3 is 10.2 Å². The molecule has 2 aromatic carbocycles. The van der Waals surface area contributed by atoms with Gasteiger partial charge in [0.05, 0.1) is 17.0 Å². The van der Waals surface area contributed by atoms with E-state index in [4.69, 9.17) is 34.8 Å². The standard InChI is InChI=1S/C26H32Cl3N3O4S/c1-3-23(26(34)30-20-10-5-4-6-11-20)31(16-18-9-7-8-12-21(18)28)25(33)17-32(37(2,35)36)24-15-19(27)13-14-22(24)29/h7-9,12-15,20,23H,3-6,10-11,16-17H2,1-2H3,(H,30,34)/t23-/m1/s1. The number of sulfonamides is 1. The molecule has 0 unspecified atom stereocenters. The maximum Gasteiger partial charge on any atom is 0.244 e. The Hall–Kier alpha value is -2.00. The topological polar surface area (TPSA) is 86.8 Å². The fourth-order valence-electron chi connectivity index (χ4n) is 4.55. The van der Waals surface area contributed by atoms with E-state index in [1.165, 1.54) is 23.1 Å².